The Labute approximate surface area is 101 Å². The van der Waals surface area contributed by atoms with Crippen molar-refractivity contribution >= 4 is 5.78 Å². The first-order chi connectivity index (χ1) is 8.20. The van der Waals surface area contributed by atoms with E-state index < -0.39 is 0 Å². The van der Waals surface area contributed by atoms with Gasteiger partial charge in [0.05, 0.1) is 6.33 Å². The summed E-state index contributed by atoms with van der Waals surface area (Å²) >= 11 is 0. The quantitative estimate of drug-likeness (QED) is 0.754. The molecule has 0 bridgehead atoms. The topological polar surface area (TPSA) is 34.9 Å². The number of carbonyl (C=O) groups is 1. The van der Waals surface area contributed by atoms with Crippen molar-refractivity contribution in [2.75, 3.05) is 0 Å². The molecule has 0 spiro atoms. The Morgan fingerprint density at radius 2 is 2.00 bits per heavy atom. The van der Waals surface area contributed by atoms with E-state index in [-0.39, 0.29) is 5.78 Å². The van der Waals surface area contributed by atoms with Crippen LogP contribution in [0.25, 0.3) is 0 Å². The van der Waals surface area contributed by atoms with Gasteiger partial charge in [0.25, 0.3) is 0 Å². The van der Waals surface area contributed by atoms with Gasteiger partial charge >= 0.3 is 0 Å². The predicted molar refractivity (Wildman–Crippen MR) is 67.1 cm³/mol. The Morgan fingerprint density at radius 3 is 2.53 bits per heavy atom. The van der Waals surface area contributed by atoms with Gasteiger partial charge in [0, 0.05) is 18.8 Å². The highest BCUT2D eigenvalue weighted by molar-refractivity contribution is 6.07. The number of ketones is 1. The van der Waals surface area contributed by atoms with E-state index in [1.54, 1.807) is 17.1 Å². The Kier molecular flexibility index (Phi) is 3.38. The van der Waals surface area contributed by atoms with E-state index in [1.165, 1.54) is 5.56 Å². The number of hydrogen-bond acceptors (Lipinski definition) is 2. The average Bonchev–Trinajstić information content (AvgIpc) is 2.76. The van der Waals surface area contributed by atoms with E-state index in [0.717, 1.165) is 12.8 Å². The number of imidazole rings is 1. The van der Waals surface area contributed by atoms with E-state index in [4.69, 9.17) is 0 Å². The van der Waals surface area contributed by atoms with Crippen LogP contribution in [0.15, 0.2) is 36.8 Å². The fourth-order valence-corrected chi connectivity index (χ4v) is 1.79. The number of hydrogen-bond donors (Lipinski definition) is 0. The van der Waals surface area contributed by atoms with Crippen LogP contribution in [0.5, 0.6) is 0 Å². The molecule has 0 unspecified atom stereocenters. The molecule has 3 heteroatoms. The third-order valence-corrected chi connectivity index (χ3v) is 2.69. The predicted octanol–water partition coefficient (Wildman–Crippen LogP) is 2.60. The molecule has 2 aromatic rings. The fourth-order valence-electron chi connectivity index (χ4n) is 1.79. The van der Waals surface area contributed by atoms with E-state index >= 15 is 0 Å². The van der Waals surface area contributed by atoms with E-state index in [0.29, 0.717) is 11.3 Å². The van der Waals surface area contributed by atoms with Crippen LogP contribution in [-0.4, -0.2) is 15.3 Å². The van der Waals surface area contributed by atoms with Crippen molar-refractivity contribution in [3.8, 4) is 0 Å². The molecule has 0 aliphatic rings. The molecule has 0 aliphatic heterocycles. The zero-order chi connectivity index (χ0) is 12.3. The van der Waals surface area contributed by atoms with Crippen molar-refractivity contribution in [2.45, 2.75) is 19.8 Å². The maximum Gasteiger partial charge on any atom is 0.212 e. The summed E-state index contributed by atoms with van der Waals surface area (Å²) in [4.78, 5) is 16.1. The molecule has 0 saturated carbocycles. The van der Waals surface area contributed by atoms with Crippen molar-refractivity contribution in [3.63, 3.8) is 0 Å². The summed E-state index contributed by atoms with van der Waals surface area (Å²) in [7, 11) is 1.86. The van der Waals surface area contributed by atoms with Gasteiger partial charge < -0.3 is 4.57 Å². The smallest absolute Gasteiger partial charge is 0.212 e. The molecular formula is C14H16N2O. The number of aryl methyl sites for hydroxylation is 2. The van der Waals surface area contributed by atoms with Crippen molar-refractivity contribution < 1.29 is 4.79 Å². The SMILES string of the molecule is CCCc1ccc(C(=O)c2cn(C)cn2)cc1. The molecule has 0 N–H and O–H groups in total. The van der Waals surface area contributed by atoms with Crippen LogP contribution in [0.2, 0.25) is 0 Å². The van der Waals surface area contributed by atoms with Crippen molar-refractivity contribution in [3.05, 3.63) is 53.6 Å². The summed E-state index contributed by atoms with van der Waals surface area (Å²) in [5, 5.41) is 0. The van der Waals surface area contributed by atoms with Gasteiger partial charge in [0.15, 0.2) is 0 Å². The lowest BCUT2D eigenvalue weighted by Gasteiger charge is -2.01. The maximum atomic E-state index is 12.1. The highest BCUT2D eigenvalue weighted by Gasteiger charge is 2.11. The molecule has 3 nitrogen and oxygen atoms in total. The highest BCUT2D eigenvalue weighted by atomic mass is 16.1. The van der Waals surface area contributed by atoms with Gasteiger partial charge in [-0.15, -0.1) is 0 Å². The summed E-state index contributed by atoms with van der Waals surface area (Å²) in [5.41, 5.74) is 2.46. The molecule has 0 saturated heterocycles. The highest BCUT2D eigenvalue weighted by Crippen LogP contribution is 2.10. The molecule has 0 aliphatic carbocycles. The van der Waals surface area contributed by atoms with Crippen molar-refractivity contribution in [2.24, 2.45) is 7.05 Å². The molecule has 1 aromatic carbocycles. The standard InChI is InChI=1S/C14H16N2O/c1-3-4-11-5-7-12(8-6-11)14(17)13-9-16(2)10-15-13/h5-10H,3-4H2,1-2H3. The number of rotatable bonds is 4. The largest absolute Gasteiger partial charge is 0.340 e. The number of nitrogens with zero attached hydrogens (tertiary/aromatic N) is 2. The summed E-state index contributed by atoms with van der Waals surface area (Å²) < 4.78 is 1.78. The first kappa shape index (κ1) is 11.6. The molecule has 17 heavy (non-hydrogen) atoms. The monoisotopic (exact) mass is 228 g/mol. The molecule has 0 fully saturated rings. The van der Waals surface area contributed by atoms with Crippen LogP contribution in [-0.2, 0) is 13.5 Å². The minimum absolute atomic E-state index is 0.0198. The van der Waals surface area contributed by atoms with Gasteiger partial charge in [-0.1, -0.05) is 37.6 Å². The summed E-state index contributed by atoms with van der Waals surface area (Å²) in [5.74, 6) is -0.0198. The lowest BCUT2D eigenvalue weighted by molar-refractivity contribution is 0.103. The molecule has 0 amide bonds. The number of aromatic nitrogens is 2. The number of carbonyl (C=O) groups excluding carboxylic acids is 1. The van der Waals surface area contributed by atoms with Crippen LogP contribution in [0.1, 0.15) is 35.0 Å². The normalized spacial score (nSPS) is 10.5. The van der Waals surface area contributed by atoms with E-state index in [2.05, 4.69) is 11.9 Å². The van der Waals surface area contributed by atoms with Gasteiger partial charge in [-0.25, -0.2) is 4.98 Å². The van der Waals surface area contributed by atoms with Crippen molar-refractivity contribution in [1.82, 2.24) is 9.55 Å². The molecule has 0 radical (unpaired) electrons. The van der Waals surface area contributed by atoms with Gasteiger partial charge in [0.1, 0.15) is 5.69 Å². The lowest BCUT2D eigenvalue weighted by Crippen LogP contribution is -2.01. The van der Waals surface area contributed by atoms with E-state index in [1.807, 2.05) is 31.3 Å². The second kappa shape index (κ2) is 4.95. The third-order valence-electron chi connectivity index (χ3n) is 2.69. The van der Waals surface area contributed by atoms with Crippen LogP contribution < -0.4 is 0 Å². The summed E-state index contributed by atoms with van der Waals surface area (Å²) in [6.45, 7) is 2.15. The molecule has 0 atom stereocenters. The summed E-state index contributed by atoms with van der Waals surface area (Å²) in [6, 6.07) is 7.78. The molecule has 1 aromatic heterocycles. The lowest BCUT2D eigenvalue weighted by atomic mass is 10.0. The fraction of sp³-hybridized carbons (Fsp3) is 0.286. The van der Waals surface area contributed by atoms with Crippen molar-refractivity contribution in [1.29, 1.82) is 0 Å². The number of benzene rings is 1. The molecule has 2 rings (SSSR count). The van der Waals surface area contributed by atoms with Gasteiger partial charge in [-0.3, -0.25) is 4.79 Å². The zero-order valence-electron chi connectivity index (χ0n) is 10.2. The molecule has 88 valence electrons. The first-order valence-electron chi connectivity index (χ1n) is 5.82. The van der Waals surface area contributed by atoms with Crippen LogP contribution in [0, 0.1) is 0 Å². The molecule has 1 heterocycles. The second-order valence-corrected chi connectivity index (χ2v) is 4.20. The maximum absolute atomic E-state index is 12.1. The summed E-state index contributed by atoms with van der Waals surface area (Å²) in [6.07, 6.45) is 5.55. The Morgan fingerprint density at radius 1 is 1.29 bits per heavy atom. The minimum Gasteiger partial charge on any atom is -0.340 e. The van der Waals surface area contributed by atoms with Gasteiger partial charge in [0.2, 0.25) is 5.78 Å². The zero-order valence-corrected chi connectivity index (χ0v) is 10.2. The van der Waals surface area contributed by atoms with Gasteiger partial charge in [-0.2, -0.15) is 0 Å². The first-order valence-corrected chi connectivity index (χ1v) is 5.82. The van der Waals surface area contributed by atoms with Crippen LogP contribution in [0.3, 0.4) is 0 Å². The third kappa shape index (κ3) is 2.61. The minimum atomic E-state index is -0.0198. The van der Waals surface area contributed by atoms with Crippen LogP contribution in [0.4, 0.5) is 0 Å². The van der Waals surface area contributed by atoms with Gasteiger partial charge in [-0.05, 0) is 12.0 Å². The Hall–Kier alpha value is -1.90. The van der Waals surface area contributed by atoms with E-state index in [9.17, 15) is 4.79 Å². The average molecular weight is 228 g/mol. The Balaban J connectivity index is 2.20. The van der Waals surface area contributed by atoms with Crippen LogP contribution >= 0.6 is 0 Å². The Bertz CT molecular complexity index is 511. The second-order valence-electron chi connectivity index (χ2n) is 4.20. The molecular weight excluding hydrogens is 212 g/mol.